The second kappa shape index (κ2) is 5.59. The maximum atomic E-state index is 13.3. The SMILES string of the molecule is Fc1cccc(CCNCc2ccco2)c1F. The van der Waals surface area contributed by atoms with Crippen LogP contribution in [-0.2, 0) is 13.0 Å². The highest BCUT2D eigenvalue weighted by Gasteiger charge is 2.06. The lowest BCUT2D eigenvalue weighted by atomic mass is 10.1. The molecule has 2 nitrogen and oxygen atoms in total. The third-order valence-electron chi connectivity index (χ3n) is 2.48. The number of furan rings is 1. The third-order valence-corrected chi connectivity index (χ3v) is 2.48. The predicted molar refractivity (Wildman–Crippen MR) is 60.5 cm³/mol. The zero-order valence-corrected chi connectivity index (χ0v) is 9.25. The molecule has 4 heteroatoms. The van der Waals surface area contributed by atoms with E-state index in [2.05, 4.69) is 5.32 Å². The monoisotopic (exact) mass is 237 g/mol. The highest BCUT2D eigenvalue weighted by Crippen LogP contribution is 2.11. The number of halogens is 2. The van der Waals surface area contributed by atoms with Crippen molar-refractivity contribution in [3.05, 3.63) is 59.6 Å². The molecule has 17 heavy (non-hydrogen) atoms. The van der Waals surface area contributed by atoms with Gasteiger partial charge in [-0.1, -0.05) is 12.1 Å². The van der Waals surface area contributed by atoms with Gasteiger partial charge in [0.25, 0.3) is 0 Å². The third kappa shape index (κ3) is 3.14. The van der Waals surface area contributed by atoms with Crippen LogP contribution in [0.15, 0.2) is 41.0 Å². The first-order valence-corrected chi connectivity index (χ1v) is 5.43. The second-order valence-corrected chi connectivity index (χ2v) is 3.72. The molecule has 2 aromatic rings. The molecule has 0 aliphatic rings. The molecule has 0 amide bonds. The average molecular weight is 237 g/mol. The standard InChI is InChI=1S/C13H13F2NO/c14-12-5-1-3-10(13(12)15)6-7-16-9-11-4-2-8-17-11/h1-5,8,16H,6-7,9H2. The van der Waals surface area contributed by atoms with Crippen molar-refractivity contribution in [3.63, 3.8) is 0 Å². The molecule has 1 aromatic carbocycles. The first kappa shape index (κ1) is 11.8. The minimum absolute atomic E-state index is 0.386. The molecule has 0 bridgehead atoms. The fourth-order valence-electron chi connectivity index (χ4n) is 1.59. The molecule has 0 unspecified atom stereocenters. The molecule has 90 valence electrons. The summed E-state index contributed by atoms with van der Waals surface area (Å²) in [5.74, 6) is -0.731. The summed E-state index contributed by atoms with van der Waals surface area (Å²) in [5.41, 5.74) is 0.386. The van der Waals surface area contributed by atoms with Gasteiger partial charge >= 0.3 is 0 Å². The lowest BCUT2D eigenvalue weighted by Crippen LogP contribution is -2.17. The molecule has 1 N–H and O–H groups in total. The van der Waals surface area contributed by atoms with E-state index >= 15 is 0 Å². The largest absolute Gasteiger partial charge is 0.468 e. The normalized spacial score (nSPS) is 10.7. The van der Waals surface area contributed by atoms with Crippen LogP contribution in [0, 0.1) is 11.6 Å². The molecule has 0 saturated heterocycles. The van der Waals surface area contributed by atoms with Gasteiger partial charge in [0, 0.05) is 0 Å². The van der Waals surface area contributed by atoms with E-state index in [1.807, 2.05) is 12.1 Å². The van der Waals surface area contributed by atoms with Gasteiger partial charge in [0.1, 0.15) is 5.76 Å². The van der Waals surface area contributed by atoms with Crippen molar-refractivity contribution >= 4 is 0 Å². The van der Waals surface area contributed by atoms with Crippen LogP contribution in [0.4, 0.5) is 8.78 Å². The van der Waals surface area contributed by atoms with Crippen molar-refractivity contribution < 1.29 is 13.2 Å². The Morgan fingerprint density at radius 3 is 2.76 bits per heavy atom. The smallest absolute Gasteiger partial charge is 0.162 e. The summed E-state index contributed by atoms with van der Waals surface area (Å²) in [4.78, 5) is 0. The Balaban J connectivity index is 1.80. The van der Waals surface area contributed by atoms with Crippen molar-refractivity contribution in [3.8, 4) is 0 Å². The highest BCUT2D eigenvalue weighted by atomic mass is 19.2. The van der Waals surface area contributed by atoms with Gasteiger partial charge in [-0.3, -0.25) is 0 Å². The fourth-order valence-corrected chi connectivity index (χ4v) is 1.59. The molecule has 0 radical (unpaired) electrons. The van der Waals surface area contributed by atoms with Crippen molar-refractivity contribution in [1.29, 1.82) is 0 Å². The number of hydrogen-bond donors (Lipinski definition) is 1. The number of nitrogens with one attached hydrogen (secondary N) is 1. The fraction of sp³-hybridized carbons (Fsp3) is 0.231. The molecule has 2 rings (SSSR count). The van der Waals surface area contributed by atoms with Crippen LogP contribution in [0.2, 0.25) is 0 Å². The summed E-state index contributed by atoms with van der Waals surface area (Å²) < 4.78 is 31.3. The minimum atomic E-state index is -0.798. The quantitative estimate of drug-likeness (QED) is 0.809. The van der Waals surface area contributed by atoms with Crippen molar-refractivity contribution in [1.82, 2.24) is 5.32 Å². The minimum Gasteiger partial charge on any atom is -0.468 e. The van der Waals surface area contributed by atoms with Crippen molar-refractivity contribution in [2.75, 3.05) is 6.54 Å². The van der Waals surface area contributed by atoms with Crippen LogP contribution in [0.5, 0.6) is 0 Å². The Morgan fingerprint density at radius 1 is 1.12 bits per heavy atom. The zero-order chi connectivity index (χ0) is 12.1. The van der Waals surface area contributed by atoms with Gasteiger partial charge in [-0.25, -0.2) is 8.78 Å². The van der Waals surface area contributed by atoms with Crippen LogP contribution in [-0.4, -0.2) is 6.54 Å². The van der Waals surface area contributed by atoms with Crippen LogP contribution in [0.25, 0.3) is 0 Å². The molecule has 1 heterocycles. The lowest BCUT2D eigenvalue weighted by Gasteiger charge is -2.04. The molecule has 1 aromatic heterocycles. The summed E-state index contributed by atoms with van der Waals surface area (Å²) >= 11 is 0. The summed E-state index contributed by atoms with van der Waals surface area (Å²) in [6.45, 7) is 1.16. The van der Waals surface area contributed by atoms with Gasteiger partial charge in [-0.2, -0.15) is 0 Å². The van der Waals surface area contributed by atoms with E-state index < -0.39 is 11.6 Å². The van der Waals surface area contributed by atoms with Crippen LogP contribution in [0.3, 0.4) is 0 Å². The zero-order valence-electron chi connectivity index (χ0n) is 9.25. The summed E-state index contributed by atoms with van der Waals surface area (Å²) in [5, 5.41) is 3.10. The topological polar surface area (TPSA) is 25.2 Å². The molecular formula is C13H13F2NO. The maximum absolute atomic E-state index is 13.3. The Hall–Kier alpha value is -1.68. The number of benzene rings is 1. The maximum Gasteiger partial charge on any atom is 0.162 e. The molecule has 0 spiro atoms. The van der Waals surface area contributed by atoms with Crippen molar-refractivity contribution in [2.24, 2.45) is 0 Å². The predicted octanol–water partition coefficient (Wildman–Crippen LogP) is 2.89. The molecule has 0 aliphatic carbocycles. The van der Waals surface area contributed by atoms with Gasteiger partial charge in [0.15, 0.2) is 11.6 Å². The van der Waals surface area contributed by atoms with E-state index in [0.717, 1.165) is 11.8 Å². The lowest BCUT2D eigenvalue weighted by molar-refractivity contribution is 0.478. The van der Waals surface area contributed by atoms with Gasteiger partial charge in [-0.05, 0) is 36.7 Å². The van der Waals surface area contributed by atoms with E-state index in [4.69, 9.17) is 4.42 Å². The van der Waals surface area contributed by atoms with Gasteiger partial charge in [-0.15, -0.1) is 0 Å². The van der Waals surface area contributed by atoms with Crippen molar-refractivity contribution in [2.45, 2.75) is 13.0 Å². The molecular weight excluding hydrogens is 224 g/mol. The average Bonchev–Trinajstić information content (AvgIpc) is 2.83. The van der Waals surface area contributed by atoms with E-state index in [-0.39, 0.29) is 0 Å². The highest BCUT2D eigenvalue weighted by molar-refractivity contribution is 5.19. The Kier molecular flexibility index (Phi) is 3.88. The molecule has 0 fully saturated rings. The van der Waals surface area contributed by atoms with Crippen LogP contribution in [0.1, 0.15) is 11.3 Å². The van der Waals surface area contributed by atoms with Gasteiger partial charge in [0.05, 0.1) is 12.8 Å². The van der Waals surface area contributed by atoms with Gasteiger partial charge in [0.2, 0.25) is 0 Å². The summed E-state index contributed by atoms with van der Waals surface area (Å²) in [6.07, 6.45) is 2.05. The van der Waals surface area contributed by atoms with E-state index in [1.165, 1.54) is 6.07 Å². The van der Waals surface area contributed by atoms with Crippen LogP contribution >= 0.6 is 0 Å². The molecule has 0 saturated carbocycles. The second-order valence-electron chi connectivity index (χ2n) is 3.72. The van der Waals surface area contributed by atoms with Crippen LogP contribution < -0.4 is 5.32 Å². The number of hydrogen-bond acceptors (Lipinski definition) is 2. The van der Waals surface area contributed by atoms with Gasteiger partial charge < -0.3 is 9.73 Å². The Morgan fingerprint density at radius 2 is 2.00 bits per heavy atom. The Bertz CT molecular complexity index is 468. The Labute approximate surface area is 98.3 Å². The summed E-state index contributed by atoms with van der Waals surface area (Å²) in [6, 6.07) is 7.89. The molecule has 0 aliphatic heterocycles. The first-order valence-electron chi connectivity index (χ1n) is 5.43. The van der Waals surface area contributed by atoms with E-state index in [1.54, 1.807) is 12.3 Å². The first-order chi connectivity index (χ1) is 8.27. The van der Waals surface area contributed by atoms with E-state index in [9.17, 15) is 8.78 Å². The summed E-state index contributed by atoms with van der Waals surface area (Å²) in [7, 11) is 0. The number of rotatable bonds is 5. The molecule has 0 atom stereocenters. The van der Waals surface area contributed by atoms with E-state index in [0.29, 0.717) is 25.1 Å².